The highest BCUT2D eigenvalue weighted by molar-refractivity contribution is 6.01. The molecule has 0 heterocycles. The molecule has 0 amide bonds. The third-order valence-electron chi connectivity index (χ3n) is 5.36. The van der Waals surface area contributed by atoms with Crippen LogP contribution in [-0.4, -0.2) is 26.0 Å². The first-order valence-electron chi connectivity index (χ1n) is 11.6. The smallest absolute Gasteiger partial charge is 0.125 e. The number of unbranched alkanes of at least 4 members (excludes halogenated alkanes) is 2. The van der Waals surface area contributed by atoms with Crippen molar-refractivity contribution in [2.45, 2.75) is 60.3 Å². The van der Waals surface area contributed by atoms with Crippen molar-refractivity contribution in [1.29, 1.82) is 0 Å². The number of rotatable bonds is 13. The van der Waals surface area contributed by atoms with E-state index in [1.54, 1.807) is 7.11 Å². The van der Waals surface area contributed by atoms with Crippen molar-refractivity contribution in [2.75, 3.05) is 20.3 Å². The fourth-order valence-corrected chi connectivity index (χ4v) is 3.68. The van der Waals surface area contributed by atoms with Gasteiger partial charge in [-0.1, -0.05) is 55.4 Å². The van der Waals surface area contributed by atoms with Crippen molar-refractivity contribution in [3.8, 4) is 11.5 Å². The Morgan fingerprint density at radius 3 is 2.25 bits per heavy atom. The molecule has 0 aliphatic rings. The van der Waals surface area contributed by atoms with Crippen molar-refractivity contribution in [3.63, 3.8) is 0 Å². The first-order chi connectivity index (χ1) is 15.5. The highest BCUT2D eigenvalue weighted by Gasteiger charge is 2.10. The van der Waals surface area contributed by atoms with Crippen molar-refractivity contribution < 1.29 is 14.3 Å². The Kier molecular flexibility index (Phi) is 10.9. The molecule has 0 aromatic heterocycles. The second kappa shape index (κ2) is 13.6. The zero-order valence-electron chi connectivity index (χ0n) is 20.6. The van der Waals surface area contributed by atoms with Crippen molar-refractivity contribution in [2.24, 2.45) is 11.1 Å². The molecule has 2 aromatic carbocycles. The molecule has 32 heavy (non-hydrogen) atoms. The number of benzene rings is 2. The second-order valence-corrected chi connectivity index (χ2v) is 8.44. The third-order valence-corrected chi connectivity index (χ3v) is 5.36. The lowest BCUT2D eigenvalue weighted by molar-refractivity contribution is 0.212. The summed E-state index contributed by atoms with van der Waals surface area (Å²) < 4.78 is 11.8. The van der Waals surface area contributed by atoms with Gasteiger partial charge in [0.1, 0.15) is 25.2 Å². The number of hydrogen-bond donors (Lipinski definition) is 0. The average Bonchev–Trinajstić information content (AvgIpc) is 2.76. The van der Waals surface area contributed by atoms with E-state index in [0.717, 1.165) is 66.2 Å². The van der Waals surface area contributed by atoms with Gasteiger partial charge in [0.05, 0.1) is 12.3 Å². The van der Waals surface area contributed by atoms with Gasteiger partial charge in [-0.2, -0.15) is 0 Å². The Labute approximate surface area is 194 Å². The number of hydrogen-bond acceptors (Lipinski definition) is 4. The summed E-state index contributed by atoms with van der Waals surface area (Å²) in [7, 11) is 1.60. The summed E-state index contributed by atoms with van der Waals surface area (Å²) in [6.45, 7) is 11.7. The quantitative estimate of drug-likeness (QED) is 0.146. The fourth-order valence-electron chi connectivity index (χ4n) is 3.68. The number of ether oxygens (including phenoxy) is 2. The van der Waals surface area contributed by atoms with Gasteiger partial charge in [-0.05, 0) is 86.8 Å². The topological polar surface area (TPSA) is 40.0 Å². The molecule has 0 radical (unpaired) electrons. The van der Waals surface area contributed by atoms with Gasteiger partial charge >= 0.3 is 0 Å². The van der Waals surface area contributed by atoms with E-state index >= 15 is 0 Å². The molecule has 0 saturated heterocycles. The Bertz CT molecular complexity index is 859. The Hall–Kier alpha value is -2.75. The summed E-state index contributed by atoms with van der Waals surface area (Å²) in [4.78, 5) is 4.99. The predicted molar refractivity (Wildman–Crippen MR) is 134 cm³/mol. The molecule has 0 spiro atoms. The van der Waals surface area contributed by atoms with Crippen LogP contribution in [0.4, 0.5) is 0 Å². The lowest BCUT2D eigenvalue weighted by Gasteiger charge is -2.14. The van der Waals surface area contributed by atoms with Crippen LogP contribution in [0.1, 0.15) is 62.3 Å². The molecule has 0 N–H and O–H groups in total. The lowest BCUT2D eigenvalue weighted by atomic mass is 9.98. The molecular weight excluding hydrogens is 398 g/mol. The number of oxime groups is 1. The number of aryl methyl sites for hydroxylation is 3. The van der Waals surface area contributed by atoms with E-state index in [1.165, 1.54) is 5.56 Å². The molecule has 0 saturated carbocycles. The Morgan fingerprint density at radius 1 is 0.969 bits per heavy atom. The number of nitrogens with zero attached hydrogens (tertiary/aromatic N) is 1. The van der Waals surface area contributed by atoms with Gasteiger partial charge in [0.2, 0.25) is 0 Å². The van der Waals surface area contributed by atoms with Gasteiger partial charge in [-0.3, -0.25) is 0 Å². The highest BCUT2D eigenvalue weighted by Crippen LogP contribution is 2.28. The summed E-state index contributed by atoms with van der Waals surface area (Å²) in [5, 5.41) is 4.17. The van der Waals surface area contributed by atoms with E-state index in [9.17, 15) is 0 Å². The fraction of sp³-hybridized carbons (Fsp3) is 0.464. The number of allylic oxidation sites excluding steroid dienone is 1. The zero-order valence-corrected chi connectivity index (χ0v) is 20.6. The van der Waals surface area contributed by atoms with Crippen molar-refractivity contribution in [1.82, 2.24) is 0 Å². The summed E-state index contributed by atoms with van der Waals surface area (Å²) >= 11 is 0. The van der Waals surface area contributed by atoms with E-state index in [1.807, 2.05) is 19.1 Å². The minimum atomic E-state index is 0.329. The molecule has 0 aliphatic carbocycles. The van der Waals surface area contributed by atoms with E-state index in [4.69, 9.17) is 14.3 Å². The molecule has 2 aromatic rings. The maximum Gasteiger partial charge on any atom is 0.125 e. The summed E-state index contributed by atoms with van der Waals surface area (Å²) in [6, 6.07) is 12.8. The van der Waals surface area contributed by atoms with Crippen LogP contribution in [0.15, 0.2) is 53.7 Å². The standard InChI is InChI=1S/C28H39NO3/c1-7-8-17-31-26-19-22(4)28(23(5)20-26)32-18-11-9-10-12-24-13-15-25(16-14-24)27(21(2)3)29-30-6/h7-8,13-16,19-21H,9-12,17-18H2,1-6H3/b8-7+,29-27?. The average molecular weight is 438 g/mol. The molecule has 0 unspecified atom stereocenters. The van der Waals surface area contributed by atoms with Gasteiger partial charge in [0.25, 0.3) is 0 Å². The molecule has 0 atom stereocenters. The SMILES string of the molecule is C/C=C/COc1cc(C)c(OCCCCCc2ccc(C(=NOC)C(C)C)cc2)c(C)c1. The molecule has 4 nitrogen and oxygen atoms in total. The van der Waals surface area contributed by atoms with Crippen LogP contribution in [0, 0.1) is 19.8 Å². The summed E-state index contributed by atoms with van der Waals surface area (Å²) in [5.74, 6) is 2.21. The largest absolute Gasteiger partial charge is 0.493 e. The van der Waals surface area contributed by atoms with E-state index in [2.05, 4.69) is 69.2 Å². The van der Waals surface area contributed by atoms with E-state index < -0.39 is 0 Å². The Balaban J connectivity index is 1.75. The van der Waals surface area contributed by atoms with Crippen LogP contribution in [0.25, 0.3) is 0 Å². The maximum absolute atomic E-state index is 6.09. The van der Waals surface area contributed by atoms with Gasteiger partial charge < -0.3 is 14.3 Å². The van der Waals surface area contributed by atoms with E-state index in [0.29, 0.717) is 12.5 Å². The van der Waals surface area contributed by atoms with Crippen LogP contribution in [0.2, 0.25) is 0 Å². The summed E-state index contributed by atoms with van der Waals surface area (Å²) in [5.41, 5.74) is 5.72. The van der Waals surface area contributed by atoms with Gasteiger partial charge in [0.15, 0.2) is 0 Å². The van der Waals surface area contributed by atoms with Crippen LogP contribution < -0.4 is 9.47 Å². The lowest BCUT2D eigenvalue weighted by Crippen LogP contribution is -2.09. The van der Waals surface area contributed by atoms with Gasteiger partial charge in [-0.25, -0.2) is 0 Å². The zero-order chi connectivity index (χ0) is 23.3. The summed E-state index contributed by atoms with van der Waals surface area (Å²) in [6.07, 6.45) is 8.42. The van der Waals surface area contributed by atoms with Crippen LogP contribution >= 0.6 is 0 Å². The monoisotopic (exact) mass is 437 g/mol. The predicted octanol–water partition coefficient (Wildman–Crippen LogP) is 7.06. The van der Waals surface area contributed by atoms with Crippen molar-refractivity contribution >= 4 is 5.71 Å². The Morgan fingerprint density at radius 2 is 1.66 bits per heavy atom. The maximum atomic E-state index is 6.09. The van der Waals surface area contributed by atoms with Crippen LogP contribution in [-0.2, 0) is 11.3 Å². The molecule has 0 bridgehead atoms. The van der Waals surface area contributed by atoms with Gasteiger partial charge in [0, 0.05) is 0 Å². The third kappa shape index (κ3) is 8.07. The normalized spacial score (nSPS) is 11.9. The molecule has 4 heteroatoms. The van der Waals surface area contributed by atoms with Crippen LogP contribution in [0.3, 0.4) is 0 Å². The minimum Gasteiger partial charge on any atom is -0.493 e. The minimum absolute atomic E-state index is 0.329. The molecule has 2 rings (SSSR count). The highest BCUT2D eigenvalue weighted by atomic mass is 16.6. The molecule has 174 valence electrons. The first-order valence-corrected chi connectivity index (χ1v) is 11.6. The van der Waals surface area contributed by atoms with Crippen LogP contribution in [0.5, 0.6) is 11.5 Å². The molecule has 0 aliphatic heterocycles. The van der Waals surface area contributed by atoms with E-state index in [-0.39, 0.29) is 0 Å². The molecular formula is C28H39NO3. The van der Waals surface area contributed by atoms with Gasteiger partial charge in [-0.15, -0.1) is 0 Å². The van der Waals surface area contributed by atoms with Crippen molar-refractivity contribution in [3.05, 3.63) is 70.8 Å². The molecule has 0 fully saturated rings. The second-order valence-electron chi connectivity index (χ2n) is 8.44. The first kappa shape index (κ1) is 25.5.